The second kappa shape index (κ2) is 15.2. The highest BCUT2D eigenvalue weighted by Gasteiger charge is 2.13. The first-order valence-corrected chi connectivity index (χ1v) is 16.7. The van der Waals surface area contributed by atoms with E-state index >= 15 is 0 Å². The molecule has 0 saturated carbocycles. The van der Waals surface area contributed by atoms with Crippen LogP contribution < -0.4 is 0 Å². The Balaban J connectivity index is 0.000000135. The Bertz CT molecular complexity index is 2530. The van der Waals surface area contributed by atoms with Crippen molar-refractivity contribution in [3.63, 3.8) is 0 Å². The Morgan fingerprint density at radius 3 is 1.60 bits per heavy atom. The van der Waals surface area contributed by atoms with Gasteiger partial charge in [-0.25, -0.2) is 47.5 Å². The fourth-order valence-corrected chi connectivity index (χ4v) is 6.40. The van der Waals surface area contributed by atoms with Crippen molar-refractivity contribution in [3.05, 3.63) is 157 Å². The molecule has 0 radical (unpaired) electrons. The number of hydrogen-bond acceptors (Lipinski definition) is 7. The van der Waals surface area contributed by atoms with Crippen LogP contribution in [0.15, 0.2) is 106 Å². The summed E-state index contributed by atoms with van der Waals surface area (Å²) in [6.45, 7) is 0. The maximum Gasteiger partial charge on any atom is 0.170 e. The van der Waals surface area contributed by atoms with Crippen LogP contribution in [0.2, 0.25) is 0 Å². The summed E-state index contributed by atoms with van der Waals surface area (Å²) in [5.41, 5.74) is 3.63. The van der Waals surface area contributed by atoms with E-state index in [4.69, 9.17) is 5.26 Å². The molecule has 0 bridgehead atoms. The number of nitriles is 1. The van der Waals surface area contributed by atoms with Crippen LogP contribution in [0.5, 0.6) is 0 Å². The first-order chi connectivity index (χ1) is 24.1. The molecule has 0 atom stereocenters. The van der Waals surface area contributed by atoms with E-state index in [2.05, 4.69) is 77.7 Å². The molecular formula is C33H19Br3F4N10. The van der Waals surface area contributed by atoms with Crippen molar-refractivity contribution in [2.75, 3.05) is 0 Å². The monoisotopic (exact) mass is 868 g/mol. The Kier molecular flexibility index (Phi) is 10.6. The van der Waals surface area contributed by atoms with Crippen LogP contribution in [0.25, 0.3) is 16.9 Å². The van der Waals surface area contributed by atoms with Crippen LogP contribution in [0.1, 0.15) is 28.2 Å². The molecule has 17 heteroatoms. The van der Waals surface area contributed by atoms with Gasteiger partial charge in [-0.05, 0) is 95.3 Å². The van der Waals surface area contributed by atoms with E-state index in [1.165, 1.54) is 12.3 Å². The van der Waals surface area contributed by atoms with Gasteiger partial charge in [0, 0.05) is 68.6 Å². The van der Waals surface area contributed by atoms with Crippen LogP contribution in [0, 0.1) is 34.6 Å². The summed E-state index contributed by atoms with van der Waals surface area (Å²) in [5.74, 6) is -1.95. The van der Waals surface area contributed by atoms with Crippen LogP contribution >= 0.6 is 47.8 Å². The van der Waals surface area contributed by atoms with Crippen molar-refractivity contribution < 1.29 is 17.6 Å². The molecule has 0 N–H and O–H groups in total. The third kappa shape index (κ3) is 8.04. The lowest BCUT2D eigenvalue weighted by Crippen LogP contribution is -2.02. The predicted molar refractivity (Wildman–Crippen MR) is 185 cm³/mol. The highest BCUT2D eigenvalue weighted by molar-refractivity contribution is 9.11. The topological polar surface area (TPSA) is 114 Å². The molecule has 6 aromatic heterocycles. The average Bonchev–Trinajstić information content (AvgIpc) is 3.86. The minimum absolute atomic E-state index is 0.0691. The van der Waals surface area contributed by atoms with Crippen molar-refractivity contribution in [2.45, 2.75) is 12.8 Å². The molecule has 2 aromatic carbocycles. The number of hydrogen-bond donors (Lipinski definition) is 0. The van der Waals surface area contributed by atoms with E-state index in [9.17, 15) is 17.6 Å². The third-order valence-corrected chi connectivity index (χ3v) is 8.30. The standard InChI is InChI=1S/C14H8F2N4.C13H8BrF2N3.C6H3Br2N3/c15-10-1-2-12(16)9(5-10)6-13-14-18-3-4-20(14)8-11(7-17)19-13;14-12-7-19-4-3-17-13(19)11(18-12)6-8-5-9(15)1-2-10(8)16;7-4-3-11-2-1-9-6(11)5(8)10-4/h1-5,8H,6H2;1-5,7H,6H2;1-3H. The van der Waals surface area contributed by atoms with Gasteiger partial charge in [0.25, 0.3) is 0 Å². The van der Waals surface area contributed by atoms with Gasteiger partial charge < -0.3 is 13.2 Å². The molecule has 0 aliphatic rings. The zero-order chi connectivity index (χ0) is 35.4. The summed E-state index contributed by atoms with van der Waals surface area (Å²) >= 11 is 9.87. The first-order valence-electron chi connectivity index (χ1n) is 14.3. The minimum Gasteiger partial charge on any atom is -0.303 e. The molecular weight excluding hydrogens is 852 g/mol. The van der Waals surface area contributed by atoms with E-state index < -0.39 is 23.3 Å². The summed E-state index contributed by atoms with van der Waals surface area (Å²) < 4.78 is 61.1. The summed E-state index contributed by atoms with van der Waals surface area (Å²) in [6, 6.07) is 8.57. The molecule has 250 valence electrons. The van der Waals surface area contributed by atoms with Gasteiger partial charge in [-0.3, -0.25) is 0 Å². The number of halogens is 7. The highest BCUT2D eigenvalue weighted by Crippen LogP contribution is 2.20. The van der Waals surface area contributed by atoms with E-state index in [0.717, 1.165) is 45.2 Å². The van der Waals surface area contributed by atoms with Crippen LogP contribution in [0.4, 0.5) is 17.6 Å². The first kappa shape index (κ1) is 34.8. The molecule has 0 spiro atoms. The van der Waals surface area contributed by atoms with Gasteiger partial charge in [-0.1, -0.05) is 0 Å². The van der Waals surface area contributed by atoms with Crippen molar-refractivity contribution in [3.8, 4) is 6.07 Å². The molecule has 10 nitrogen and oxygen atoms in total. The molecule has 0 aliphatic heterocycles. The van der Waals surface area contributed by atoms with E-state index in [1.807, 2.05) is 22.9 Å². The molecule has 0 fully saturated rings. The van der Waals surface area contributed by atoms with Crippen LogP contribution in [-0.2, 0) is 12.8 Å². The second-order valence-corrected chi connectivity index (χ2v) is 12.7. The molecule has 8 aromatic rings. The predicted octanol–water partition coefficient (Wildman–Crippen LogP) is 8.09. The van der Waals surface area contributed by atoms with Gasteiger partial charge in [0.05, 0.1) is 11.4 Å². The van der Waals surface area contributed by atoms with E-state index in [-0.39, 0.29) is 29.7 Å². The largest absolute Gasteiger partial charge is 0.303 e. The molecule has 0 amide bonds. The zero-order valence-corrected chi connectivity index (χ0v) is 30.0. The normalized spacial score (nSPS) is 10.8. The fourth-order valence-electron chi connectivity index (χ4n) is 4.83. The molecule has 0 unspecified atom stereocenters. The van der Waals surface area contributed by atoms with Gasteiger partial charge in [-0.15, -0.1) is 0 Å². The summed E-state index contributed by atoms with van der Waals surface area (Å²) in [7, 11) is 0. The lowest BCUT2D eigenvalue weighted by molar-refractivity contribution is 0.588. The van der Waals surface area contributed by atoms with Crippen molar-refractivity contribution >= 4 is 64.7 Å². The lowest BCUT2D eigenvalue weighted by atomic mass is 10.1. The summed E-state index contributed by atoms with van der Waals surface area (Å²) in [5, 5.41) is 8.94. The van der Waals surface area contributed by atoms with Crippen LogP contribution in [0.3, 0.4) is 0 Å². The molecule has 50 heavy (non-hydrogen) atoms. The molecule has 0 saturated heterocycles. The highest BCUT2D eigenvalue weighted by atomic mass is 79.9. The van der Waals surface area contributed by atoms with Gasteiger partial charge in [-0.2, -0.15) is 5.26 Å². The van der Waals surface area contributed by atoms with E-state index in [0.29, 0.717) is 27.3 Å². The Hall–Kier alpha value is -5.05. The van der Waals surface area contributed by atoms with Gasteiger partial charge in [0.15, 0.2) is 27.2 Å². The third-order valence-electron chi connectivity index (χ3n) is 7.01. The van der Waals surface area contributed by atoms with Crippen molar-refractivity contribution in [1.29, 1.82) is 5.26 Å². The summed E-state index contributed by atoms with van der Waals surface area (Å²) in [6.07, 6.45) is 15.6. The minimum atomic E-state index is -0.516. The number of aromatic nitrogens is 9. The number of fused-ring (bicyclic) bond motifs is 3. The smallest absolute Gasteiger partial charge is 0.170 e. The average molecular weight is 871 g/mol. The quantitative estimate of drug-likeness (QED) is 0.164. The molecule has 8 rings (SSSR count). The maximum atomic E-state index is 13.7. The molecule has 0 aliphatic carbocycles. The Morgan fingerprint density at radius 2 is 1.06 bits per heavy atom. The van der Waals surface area contributed by atoms with Gasteiger partial charge in [0.2, 0.25) is 0 Å². The Morgan fingerprint density at radius 1 is 0.600 bits per heavy atom. The molecule has 6 heterocycles. The second-order valence-electron chi connectivity index (χ2n) is 10.3. The van der Waals surface area contributed by atoms with Crippen LogP contribution in [-0.4, -0.2) is 43.1 Å². The fraction of sp³-hybridized carbons (Fsp3) is 0.0606. The Labute approximate surface area is 305 Å². The van der Waals surface area contributed by atoms with Gasteiger partial charge in [0.1, 0.15) is 38.5 Å². The zero-order valence-electron chi connectivity index (χ0n) is 25.2. The number of benzene rings is 2. The van der Waals surface area contributed by atoms with Gasteiger partial charge >= 0.3 is 0 Å². The van der Waals surface area contributed by atoms with Crippen molar-refractivity contribution in [2.24, 2.45) is 0 Å². The lowest BCUT2D eigenvalue weighted by Gasteiger charge is -2.06. The van der Waals surface area contributed by atoms with Crippen molar-refractivity contribution in [1.82, 2.24) is 43.1 Å². The number of nitrogens with zero attached hydrogens (tertiary/aromatic N) is 10. The number of imidazole rings is 3. The van der Waals surface area contributed by atoms with E-state index in [1.54, 1.807) is 46.0 Å². The number of rotatable bonds is 4. The maximum absolute atomic E-state index is 13.7. The summed E-state index contributed by atoms with van der Waals surface area (Å²) in [4.78, 5) is 24.9. The SMILES string of the molecule is Brc1cn2ccnc2c(Br)n1.Fc1ccc(F)c(Cc2nc(Br)cn3ccnc23)c1.N#Cc1cn2ccnc2c(Cc2cc(F)ccc2F)n1.